The number of fused-ring (bicyclic) bond motifs is 1. The monoisotopic (exact) mass is 390 g/mol. The Bertz CT molecular complexity index is 639. The van der Waals surface area contributed by atoms with Crippen molar-refractivity contribution in [3.8, 4) is 11.5 Å². The molecule has 6 nitrogen and oxygen atoms in total. The molecule has 0 bridgehead atoms. The van der Waals surface area contributed by atoms with Gasteiger partial charge in [0.1, 0.15) is 13.2 Å². The lowest BCUT2D eigenvalue weighted by atomic mass is 10.0. The van der Waals surface area contributed by atoms with Crippen LogP contribution in [0.25, 0.3) is 0 Å². The molecule has 2 atom stereocenters. The van der Waals surface area contributed by atoms with Crippen LogP contribution >= 0.6 is 0 Å². The number of piperazine rings is 1. The number of carbonyl (C=O) groups is 1. The van der Waals surface area contributed by atoms with E-state index in [2.05, 4.69) is 24.8 Å². The molecule has 0 aromatic heterocycles. The normalized spacial score (nSPS) is 22.3. The summed E-state index contributed by atoms with van der Waals surface area (Å²) in [5, 5.41) is 0. The number of hydrogen-bond donors (Lipinski definition) is 0. The van der Waals surface area contributed by atoms with Crippen molar-refractivity contribution in [2.24, 2.45) is 0 Å². The number of hydrogen-bond acceptors (Lipinski definition) is 5. The van der Waals surface area contributed by atoms with Gasteiger partial charge in [0, 0.05) is 51.9 Å². The van der Waals surface area contributed by atoms with E-state index < -0.39 is 0 Å². The van der Waals surface area contributed by atoms with E-state index in [0.717, 1.165) is 57.0 Å². The van der Waals surface area contributed by atoms with Crippen LogP contribution < -0.4 is 9.47 Å². The maximum Gasteiger partial charge on any atom is 0.222 e. The van der Waals surface area contributed by atoms with Gasteiger partial charge in [0.05, 0.1) is 0 Å². The lowest BCUT2D eigenvalue weighted by molar-refractivity contribution is -0.135. The Morgan fingerprint density at radius 2 is 1.82 bits per heavy atom. The number of methoxy groups -OCH3 is 1. The van der Waals surface area contributed by atoms with E-state index in [-0.39, 0.29) is 5.91 Å². The van der Waals surface area contributed by atoms with Crippen LogP contribution in [-0.2, 0) is 16.0 Å². The second-order valence-electron chi connectivity index (χ2n) is 7.91. The Morgan fingerprint density at radius 3 is 2.54 bits per heavy atom. The zero-order valence-electron chi connectivity index (χ0n) is 17.5. The summed E-state index contributed by atoms with van der Waals surface area (Å²) in [5.41, 5.74) is 1.20. The molecule has 1 aromatic carbocycles. The maximum atomic E-state index is 12.7. The van der Waals surface area contributed by atoms with E-state index in [0.29, 0.717) is 31.7 Å². The second-order valence-corrected chi connectivity index (χ2v) is 7.91. The maximum absolute atomic E-state index is 12.7. The van der Waals surface area contributed by atoms with Gasteiger partial charge in [-0.1, -0.05) is 6.07 Å². The highest BCUT2D eigenvalue weighted by atomic mass is 16.6. The summed E-state index contributed by atoms with van der Waals surface area (Å²) in [6, 6.07) is 6.87. The predicted octanol–water partition coefficient (Wildman–Crippen LogP) is 2.74. The highest BCUT2D eigenvalue weighted by Crippen LogP contribution is 2.31. The van der Waals surface area contributed by atoms with E-state index >= 15 is 0 Å². The first-order valence-corrected chi connectivity index (χ1v) is 10.5. The zero-order chi connectivity index (χ0) is 19.9. The van der Waals surface area contributed by atoms with Gasteiger partial charge in [-0.2, -0.15) is 0 Å². The SMILES string of the molecule is COCCCN1C(C)CN(C(=O)CCCc2ccc3c(c2)OCCO3)CC1C. The summed E-state index contributed by atoms with van der Waals surface area (Å²) in [6.45, 7) is 9.11. The number of ether oxygens (including phenoxy) is 3. The highest BCUT2D eigenvalue weighted by Gasteiger charge is 2.31. The fourth-order valence-corrected chi connectivity index (χ4v) is 4.24. The molecule has 1 saturated heterocycles. The predicted molar refractivity (Wildman–Crippen MR) is 109 cm³/mol. The molecule has 0 radical (unpaired) electrons. The third-order valence-electron chi connectivity index (χ3n) is 5.68. The standard InChI is InChI=1S/C22H34N2O4/c1-17-15-23(16-18(2)24(17)10-5-11-26-3)22(25)7-4-6-19-8-9-20-21(14-19)28-13-12-27-20/h8-9,14,17-18H,4-7,10-13,15-16H2,1-3H3. The van der Waals surface area contributed by atoms with Crippen LogP contribution in [-0.4, -0.2) is 74.4 Å². The Hall–Kier alpha value is -1.79. The molecule has 1 amide bonds. The minimum atomic E-state index is 0.271. The summed E-state index contributed by atoms with van der Waals surface area (Å²) in [4.78, 5) is 17.3. The van der Waals surface area contributed by atoms with E-state index in [4.69, 9.17) is 14.2 Å². The van der Waals surface area contributed by atoms with Gasteiger partial charge in [0.25, 0.3) is 0 Å². The van der Waals surface area contributed by atoms with Crippen molar-refractivity contribution in [3.63, 3.8) is 0 Å². The van der Waals surface area contributed by atoms with Crippen molar-refractivity contribution in [3.05, 3.63) is 23.8 Å². The van der Waals surface area contributed by atoms with Gasteiger partial charge >= 0.3 is 0 Å². The van der Waals surface area contributed by atoms with Gasteiger partial charge in [0.15, 0.2) is 11.5 Å². The molecule has 0 spiro atoms. The molecular formula is C22H34N2O4. The van der Waals surface area contributed by atoms with Crippen LogP contribution in [0.2, 0.25) is 0 Å². The summed E-state index contributed by atoms with van der Waals surface area (Å²) < 4.78 is 16.4. The van der Waals surface area contributed by atoms with Crippen molar-refractivity contribution in [2.75, 3.05) is 46.6 Å². The average molecular weight is 391 g/mol. The smallest absolute Gasteiger partial charge is 0.222 e. The van der Waals surface area contributed by atoms with Gasteiger partial charge in [-0.05, 0) is 50.8 Å². The molecule has 2 heterocycles. The topological polar surface area (TPSA) is 51.2 Å². The van der Waals surface area contributed by atoms with Crippen LogP contribution in [0.1, 0.15) is 38.7 Å². The molecule has 6 heteroatoms. The molecule has 156 valence electrons. The lowest BCUT2D eigenvalue weighted by Gasteiger charge is -2.44. The average Bonchev–Trinajstić information content (AvgIpc) is 2.69. The summed E-state index contributed by atoms with van der Waals surface area (Å²) in [6.07, 6.45) is 3.37. The first-order valence-electron chi connectivity index (χ1n) is 10.5. The first-order chi connectivity index (χ1) is 13.6. The Morgan fingerprint density at radius 1 is 1.11 bits per heavy atom. The van der Waals surface area contributed by atoms with Crippen molar-refractivity contribution < 1.29 is 19.0 Å². The van der Waals surface area contributed by atoms with Gasteiger partial charge in [-0.15, -0.1) is 0 Å². The second kappa shape index (κ2) is 10.1. The van der Waals surface area contributed by atoms with E-state index in [9.17, 15) is 4.79 Å². The van der Waals surface area contributed by atoms with Crippen molar-refractivity contribution in [1.82, 2.24) is 9.80 Å². The summed E-state index contributed by atoms with van der Waals surface area (Å²) in [7, 11) is 1.74. The molecule has 1 aromatic rings. The van der Waals surface area contributed by atoms with E-state index in [1.54, 1.807) is 7.11 Å². The van der Waals surface area contributed by atoms with Crippen LogP contribution in [0.4, 0.5) is 0 Å². The first kappa shape index (κ1) is 20.9. The molecule has 0 N–H and O–H groups in total. The van der Waals surface area contributed by atoms with E-state index in [1.165, 1.54) is 5.56 Å². The van der Waals surface area contributed by atoms with Crippen LogP contribution in [0.5, 0.6) is 11.5 Å². The minimum absolute atomic E-state index is 0.271. The van der Waals surface area contributed by atoms with Crippen molar-refractivity contribution >= 4 is 5.91 Å². The number of rotatable bonds is 8. The lowest BCUT2D eigenvalue weighted by Crippen LogP contribution is -2.58. The number of carbonyl (C=O) groups excluding carboxylic acids is 1. The quantitative estimate of drug-likeness (QED) is 0.639. The van der Waals surface area contributed by atoms with Gasteiger partial charge < -0.3 is 19.1 Å². The molecular weight excluding hydrogens is 356 g/mol. The van der Waals surface area contributed by atoms with Crippen molar-refractivity contribution in [2.45, 2.75) is 51.6 Å². The van der Waals surface area contributed by atoms with Crippen LogP contribution in [0.3, 0.4) is 0 Å². The molecule has 2 unspecified atom stereocenters. The minimum Gasteiger partial charge on any atom is -0.486 e. The molecule has 1 fully saturated rings. The number of amides is 1. The molecule has 28 heavy (non-hydrogen) atoms. The van der Waals surface area contributed by atoms with Crippen molar-refractivity contribution in [1.29, 1.82) is 0 Å². The van der Waals surface area contributed by atoms with Gasteiger partial charge in [-0.3, -0.25) is 9.69 Å². The van der Waals surface area contributed by atoms with E-state index in [1.807, 2.05) is 17.0 Å². The highest BCUT2D eigenvalue weighted by molar-refractivity contribution is 5.76. The summed E-state index contributed by atoms with van der Waals surface area (Å²) in [5.74, 6) is 1.91. The Labute approximate surface area is 168 Å². The Kier molecular flexibility index (Phi) is 7.57. The number of nitrogens with zero attached hydrogens (tertiary/aromatic N) is 2. The fraction of sp³-hybridized carbons (Fsp3) is 0.682. The fourth-order valence-electron chi connectivity index (χ4n) is 4.24. The molecule has 0 saturated carbocycles. The molecule has 2 aliphatic rings. The number of aryl methyl sites for hydroxylation is 1. The largest absolute Gasteiger partial charge is 0.486 e. The third kappa shape index (κ3) is 5.39. The van der Waals surface area contributed by atoms with Gasteiger partial charge in [0.2, 0.25) is 5.91 Å². The summed E-state index contributed by atoms with van der Waals surface area (Å²) >= 11 is 0. The molecule has 3 rings (SSSR count). The molecule has 2 aliphatic heterocycles. The molecule has 0 aliphatic carbocycles. The Balaban J connectivity index is 1.44. The van der Waals surface area contributed by atoms with Gasteiger partial charge in [-0.25, -0.2) is 0 Å². The van der Waals surface area contributed by atoms with Crippen LogP contribution in [0, 0.1) is 0 Å². The third-order valence-corrected chi connectivity index (χ3v) is 5.68. The van der Waals surface area contributed by atoms with Crippen LogP contribution in [0.15, 0.2) is 18.2 Å². The number of benzene rings is 1. The zero-order valence-corrected chi connectivity index (χ0v) is 17.5.